The number of nitrogens with zero attached hydrogens (tertiary/aromatic N) is 3. The summed E-state index contributed by atoms with van der Waals surface area (Å²) in [6.45, 7) is 0.919. The Morgan fingerprint density at radius 3 is 2.94 bits per heavy atom. The molecule has 0 bridgehead atoms. The standard InChI is InChI=1S/C8H13N5O5/c1-4(15)10-5(2-14)3-17-8-6(7(9)11-16)12-18-13-8/h5,14,16H,2-3H2,1H3,(H2,9,11)(H,10,15)/t5-/m0/s1. The van der Waals surface area contributed by atoms with Crippen molar-refractivity contribution >= 4 is 11.7 Å². The maximum absolute atomic E-state index is 10.8. The summed E-state index contributed by atoms with van der Waals surface area (Å²) in [5.74, 6) is -0.743. The van der Waals surface area contributed by atoms with Crippen LogP contribution in [0.1, 0.15) is 12.6 Å². The molecule has 100 valence electrons. The molecular formula is C8H13N5O5. The van der Waals surface area contributed by atoms with Gasteiger partial charge in [0.15, 0.2) is 5.84 Å². The van der Waals surface area contributed by atoms with Crippen molar-refractivity contribution in [1.82, 2.24) is 15.6 Å². The summed E-state index contributed by atoms with van der Waals surface area (Å²) in [7, 11) is 0. The summed E-state index contributed by atoms with van der Waals surface area (Å²) in [6.07, 6.45) is 0. The number of amidine groups is 1. The zero-order valence-corrected chi connectivity index (χ0v) is 9.53. The minimum absolute atomic E-state index is 0.0722. The summed E-state index contributed by atoms with van der Waals surface area (Å²) in [4.78, 5) is 10.8. The van der Waals surface area contributed by atoms with E-state index in [4.69, 9.17) is 20.8 Å². The highest BCUT2D eigenvalue weighted by atomic mass is 16.6. The van der Waals surface area contributed by atoms with Gasteiger partial charge in [0, 0.05) is 6.92 Å². The zero-order chi connectivity index (χ0) is 13.5. The maximum Gasteiger partial charge on any atom is 0.287 e. The Balaban J connectivity index is 2.62. The number of ether oxygens (including phenoxy) is 1. The highest BCUT2D eigenvalue weighted by Gasteiger charge is 2.18. The summed E-state index contributed by atoms with van der Waals surface area (Å²) in [5.41, 5.74) is 5.23. The first-order valence-corrected chi connectivity index (χ1v) is 4.89. The zero-order valence-electron chi connectivity index (χ0n) is 9.53. The molecule has 1 rings (SSSR count). The largest absolute Gasteiger partial charge is 0.472 e. The lowest BCUT2D eigenvalue weighted by molar-refractivity contribution is -0.120. The lowest BCUT2D eigenvalue weighted by Gasteiger charge is -2.14. The van der Waals surface area contributed by atoms with Crippen molar-refractivity contribution in [2.45, 2.75) is 13.0 Å². The lowest BCUT2D eigenvalue weighted by atomic mass is 10.3. The van der Waals surface area contributed by atoms with Crippen LogP contribution in [0.2, 0.25) is 0 Å². The third-order valence-electron chi connectivity index (χ3n) is 1.86. The Morgan fingerprint density at radius 1 is 1.67 bits per heavy atom. The number of hydrogen-bond donors (Lipinski definition) is 4. The number of carbonyl (C=O) groups excluding carboxylic acids is 1. The molecule has 0 spiro atoms. The van der Waals surface area contributed by atoms with Crippen molar-refractivity contribution in [2.75, 3.05) is 13.2 Å². The summed E-state index contributed by atoms with van der Waals surface area (Å²) in [6, 6.07) is -0.612. The molecule has 1 aromatic heterocycles. The van der Waals surface area contributed by atoms with Gasteiger partial charge in [-0.25, -0.2) is 4.63 Å². The van der Waals surface area contributed by atoms with E-state index < -0.39 is 6.04 Å². The fourth-order valence-electron chi connectivity index (χ4n) is 1.09. The smallest absolute Gasteiger partial charge is 0.287 e. The number of aliphatic hydroxyl groups is 1. The molecule has 0 saturated carbocycles. The van der Waals surface area contributed by atoms with E-state index in [1.165, 1.54) is 6.92 Å². The molecule has 10 heteroatoms. The molecule has 1 atom stereocenters. The van der Waals surface area contributed by atoms with Gasteiger partial charge in [-0.1, -0.05) is 5.16 Å². The predicted molar refractivity (Wildman–Crippen MR) is 57.0 cm³/mol. The summed E-state index contributed by atoms with van der Waals surface area (Å²) >= 11 is 0. The quantitative estimate of drug-likeness (QED) is 0.198. The number of hydrogen-bond acceptors (Lipinski definition) is 8. The molecule has 5 N–H and O–H groups in total. The van der Waals surface area contributed by atoms with E-state index in [-0.39, 0.29) is 36.5 Å². The SMILES string of the molecule is CC(=O)N[C@@H](CO)COc1nonc1/C(N)=N/O. The van der Waals surface area contributed by atoms with Crippen LogP contribution in [0.3, 0.4) is 0 Å². The van der Waals surface area contributed by atoms with Crippen LogP contribution in [0.4, 0.5) is 0 Å². The minimum atomic E-state index is -0.612. The molecule has 0 aliphatic heterocycles. The second kappa shape index (κ2) is 6.39. The van der Waals surface area contributed by atoms with Crippen molar-refractivity contribution in [3.8, 4) is 5.88 Å². The Kier molecular flexibility index (Phi) is 4.87. The van der Waals surface area contributed by atoms with Gasteiger partial charge < -0.3 is 26.1 Å². The van der Waals surface area contributed by atoms with Gasteiger partial charge in [0.2, 0.25) is 11.6 Å². The Morgan fingerprint density at radius 2 is 2.39 bits per heavy atom. The monoisotopic (exact) mass is 259 g/mol. The number of carbonyl (C=O) groups is 1. The summed E-state index contributed by atoms with van der Waals surface area (Å²) in [5, 5.41) is 29.4. The van der Waals surface area contributed by atoms with Gasteiger partial charge in [-0.2, -0.15) is 0 Å². The summed E-state index contributed by atoms with van der Waals surface area (Å²) < 4.78 is 9.51. The van der Waals surface area contributed by atoms with Crippen molar-refractivity contribution in [1.29, 1.82) is 0 Å². The van der Waals surface area contributed by atoms with Crippen molar-refractivity contribution in [2.24, 2.45) is 10.9 Å². The molecule has 0 aromatic carbocycles. The number of aromatic nitrogens is 2. The topological polar surface area (TPSA) is 156 Å². The number of nitrogens with one attached hydrogen (secondary N) is 1. The van der Waals surface area contributed by atoms with E-state index in [0.717, 1.165) is 0 Å². The van der Waals surface area contributed by atoms with Crippen LogP contribution in [0.25, 0.3) is 0 Å². The molecule has 0 unspecified atom stereocenters. The van der Waals surface area contributed by atoms with Gasteiger partial charge in [-0.15, -0.1) is 0 Å². The molecule has 0 aliphatic carbocycles. The Hall–Kier alpha value is -2.36. The van der Waals surface area contributed by atoms with Crippen LogP contribution in [0.5, 0.6) is 5.88 Å². The fourth-order valence-corrected chi connectivity index (χ4v) is 1.09. The van der Waals surface area contributed by atoms with Gasteiger partial charge in [0.1, 0.15) is 6.61 Å². The molecule has 0 fully saturated rings. The first kappa shape index (κ1) is 13.7. The second-order valence-electron chi connectivity index (χ2n) is 3.29. The van der Waals surface area contributed by atoms with Gasteiger partial charge in [-0.05, 0) is 10.3 Å². The molecule has 0 saturated heterocycles. The molecular weight excluding hydrogens is 246 g/mol. The van der Waals surface area contributed by atoms with E-state index >= 15 is 0 Å². The average Bonchev–Trinajstić information content (AvgIpc) is 2.81. The molecule has 18 heavy (non-hydrogen) atoms. The third-order valence-corrected chi connectivity index (χ3v) is 1.86. The van der Waals surface area contributed by atoms with E-state index in [1.807, 2.05) is 0 Å². The number of nitrogens with two attached hydrogens (primary N) is 1. The van der Waals surface area contributed by atoms with E-state index in [0.29, 0.717) is 0 Å². The van der Waals surface area contributed by atoms with E-state index in [1.54, 1.807) is 0 Å². The molecule has 1 amide bonds. The molecule has 10 nitrogen and oxygen atoms in total. The highest BCUT2D eigenvalue weighted by molar-refractivity contribution is 5.96. The van der Waals surface area contributed by atoms with Gasteiger partial charge in [0.25, 0.3) is 5.88 Å². The maximum atomic E-state index is 10.8. The van der Waals surface area contributed by atoms with Crippen molar-refractivity contribution in [3.63, 3.8) is 0 Å². The van der Waals surface area contributed by atoms with Crippen LogP contribution in [0, 0.1) is 0 Å². The first-order chi connectivity index (χ1) is 8.58. The lowest BCUT2D eigenvalue weighted by Crippen LogP contribution is -2.40. The third kappa shape index (κ3) is 3.59. The van der Waals surface area contributed by atoms with Gasteiger partial charge >= 0.3 is 0 Å². The number of rotatable bonds is 6. The molecule has 1 heterocycles. The Labute approximate surface area is 101 Å². The highest BCUT2D eigenvalue weighted by Crippen LogP contribution is 2.12. The normalized spacial score (nSPS) is 13.1. The van der Waals surface area contributed by atoms with E-state index in [2.05, 4.69) is 25.4 Å². The number of oxime groups is 1. The van der Waals surface area contributed by atoms with E-state index in [9.17, 15) is 4.79 Å². The molecule has 0 aliphatic rings. The van der Waals surface area contributed by atoms with Gasteiger partial charge in [0.05, 0.1) is 12.6 Å². The van der Waals surface area contributed by atoms with Crippen LogP contribution >= 0.6 is 0 Å². The van der Waals surface area contributed by atoms with Crippen LogP contribution in [-0.2, 0) is 4.79 Å². The van der Waals surface area contributed by atoms with Crippen LogP contribution in [-0.4, -0.2) is 51.6 Å². The average molecular weight is 259 g/mol. The number of aliphatic hydroxyl groups excluding tert-OH is 1. The number of amides is 1. The molecule has 0 radical (unpaired) electrons. The Bertz CT molecular complexity index is 431. The first-order valence-electron chi connectivity index (χ1n) is 4.89. The molecule has 1 aromatic rings. The van der Waals surface area contributed by atoms with Crippen LogP contribution in [0.15, 0.2) is 9.78 Å². The minimum Gasteiger partial charge on any atom is -0.472 e. The van der Waals surface area contributed by atoms with Gasteiger partial charge in [-0.3, -0.25) is 4.79 Å². The second-order valence-corrected chi connectivity index (χ2v) is 3.29. The van der Waals surface area contributed by atoms with Crippen LogP contribution < -0.4 is 15.8 Å². The van der Waals surface area contributed by atoms with Crippen molar-refractivity contribution in [3.05, 3.63) is 5.69 Å². The van der Waals surface area contributed by atoms with Crippen molar-refractivity contribution < 1.29 is 24.5 Å². The predicted octanol–water partition coefficient (Wildman–Crippen LogP) is -1.96. The fraction of sp³-hybridized carbons (Fsp3) is 0.500.